The number of piperazine rings is 1. The summed E-state index contributed by atoms with van der Waals surface area (Å²) < 4.78 is 27.7. The van der Waals surface area contributed by atoms with Gasteiger partial charge in [0.15, 0.2) is 0 Å². The van der Waals surface area contributed by atoms with Crippen molar-refractivity contribution in [3.63, 3.8) is 0 Å². The second kappa shape index (κ2) is 13.3. The Hall–Kier alpha value is -1.21. The Kier molecular flexibility index (Phi) is 10.4. The van der Waals surface area contributed by atoms with Gasteiger partial charge in [-0.05, 0) is 0 Å². The van der Waals surface area contributed by atoms with Crippen molar-refractivity contribution >= 4 is 5.82 Å². The first-order valence-electron chi connectivity index (χ1n) is 10.3. The van der Waals surface area contributed by atoms with Crippen LogP contribution < -0.4 is 26.1 Å². The van der Waals surface area contributed by atoms with E-state index in [1.165, 1.54) is 0 Å². The van der Waals surface area contributed by atoms with Crippen molar-refractivity contribution in [2.45, 2.75) is 12.8 Å². The van der Waals surface area contributed by atoms with Crippen LogP contribution in [0.4, 0.5) is 5.82 Å². The van der Waals surface area contributed by atoms with Gasteiger partial charge in [-0.25, -0.2) is 0 Å². The van der Waals surface area contributed by atoms with Gasteiger partial charge in [-0.15, -0.1) is 0 Å². The summed E-state index contributed by atoms with van der Waals surface area (Å²) in [6.45, 7) is 7.95. The number of alkyl halides is 1. The molecule has 1 saturated heterocycles. The zero-order valence-corrected chi connectivity index (χ0v) is 20.0. The van der Waals surface area contributed by atoms with E-state index in [9.17, 15) is 0 Å². The molecule has 0 saturated carbocycles. The molecule has 0 amide bonds. The molecular formula is C20H32IN4O5-. The van der Waals surface area contributed by atoms with Gasteiger partial charge in [-0.2, -0.15) is 0 Å². The van der Waals surface area contributed by atoms with Crippen LogP contribution in [0.1, 0.15) is 11.5 Å². The summed E-state index contributed by atoms with van der Waals surface area (Å²) in [6.07, 6.45) is 1.62. The molecule has 10 heteroatoms. The van der Waals surface area contributed by atoms with Gasteiger partial charge < -0.3 is 14.2 Å². The van der Waals surface area contributed by atoms with E-state index in [1.54, 1.807) is 7.11 Å². The number of aromatic nitrogens is 2. The summed E-state index contributed by atoms with van der Waals surface area (Å²) in [4.78, 5) is 6.95. The predicted molar refractivity (Wildman–Crippen MR) is 107 cm³/mol. The van der Waals surface area contributed by atoms with E-state index in [-0.39, 0.29) is 21.2 Å². The standard InChI is InChI=1S/C20H32IN4O5/c1-21-19-16-20(23-30-19)25-8-6-24(7-9-25)5-3-18-15-17(22-29-18)4-10-27-13-14-28-12-11-26-2/h15-16H,3-14H2,1-2H3/q-1. The zero-order valence-electron chi connectivity index (χ0n) is 17.8. The molecule has 1 aliphatic rings. The van der Waals surface area contributed by atoms with Crippen molar-refractivity contribution in [2.24, 2.45) is 0 Å². The van der Waals surface area contributed by atoms with E-state index in [4.69, 9.17) is 23.3 Å². The van der Waals surface area contributed by atoms with Crippen molar-refractivity contribution in [3.05, 3.63) is 27.4 Å². The average molecular weight is 535 g/mol. The Morgan fingerprint density at radius 3 is 2.43 bits per heavy atom. The van der Waals surface area contributed by atoms with Crippen molar-refractivity contribution in [1.82, 2.24) is 15.2 Å². The molecule has 2 aromatic rings. The van der Waals surface area contributed by atoms with Crippen LogP contribution in [0.2, 0.25) is 0 Å². The Balaban J connectivity index is 1.27. The molecule has 2 aromatic heterocycles. The first-order valence-corrected chi connectivity index (χ1v) is 13.5. The Morgan fingerprint density at radius 2 is 1.70 bits per heavy atom. The normalized spacial score (nSPS) is 15.3. The fraction of sp³-hybridized carbons (Fsp3) is 0.700. The number of methoxy groups -OCH3 is 1. The molecule has 1 fully saturated rings. The molecule has 1 aliphatic heterocycles. The molecule has 0 aliphatic carbocycles. The number of anilines is 1. The van der Waals surface area contributed by atoms with Crippen LogP contribution in [0.5, 0.6) is 0 Å². The SMILES string of the molecule is COCCOCCOCCc1cc(CCN2CCN(c3cc([I-]C)on3)CC2)on1. The molecule has 0 radical (unpaired) electrons. The number of ether oxygens (including phenoxy) is 3. The van der Waals surface area contributed by atoms with Crippen LogP contribution in [0.15, 0.2) is 21.2 Å². The van der Waals surface area contributed by atoms with Gasteiger partial charge in [-0.3, -0.25) is 0 Å². The van der Waals surface area contributed by atoms with Crippen LogP contribution >= 0.6 is 0 Å². The first kappa shape index (κ1) is 23.5. The average Bonchev–Trinajstić information content (AvgIpc) is 3.44. The molecule has 0 spiro atoms. The van der Waals surface area contributed by atoms with Crippen LogP contribution in [0.25, 0.3) is 0 Å². The third-order valence-corrected chi connectivity index (χ3v) is 6.51. The monoisotopic (exact) mass is 535 g/mol. The summed E-state index contributed by atoms with van der Waals surface area (Å²) >= 11 is -0.0418. The summed E-state index contributed by atoms with van der Waals surface area (Å²) in [5.74, 6) is 1.91. The Bertz CT molecular complexity index is 718. The number of nitrogens with zero attached hydrogens (tertiary/aromatic N) is 4. The molecular weight excluding hydrogens is 503 g/mol. The van der Waals surface area contributed by atoms with E-state index in [2.05, 4.69) is 31.1 Å². The minimum atomic E-state index is -0.0418. The van der Waals surface area contributed by atoms with Crippen molar-refractivity contribution in [3.8, 4) is 0 Å². The van der Waals surface area contributed by atoms with Crippen LogP contribution in [-0.2, 0) is 27.1 Å². The van der Waals surface area contributed by atoms with E-state index >= 15 is 0 Å². The van der Waals surface area contributed by atoms with Gasteiger partial charge in [-0.1, -0.05) is 0 Å². The van der Waals surface area contributed by atoms with Gasteiger partial charge >= 0.3 is 128 Å². The van der Waals surface area contributed by atoms with Crippen LogP contribution in [-0.4, -0.2) is 93.0 Å². The summed E-state index contributed by atoms with van der Waals surface area (Å²) in [5.41, 5.74) is 0.940. The molecule has 9 nitrogen and oxygen atoms in total. The molecule has 0 atom stereocenters. The maximum absolute atomic E-state index is 5.57. The molecule has 30 heavy (non-hydrogen) atoms. The number of rotatable bonds is 14. The minimum absolute atomic E-state index is 0.0418. The Labute approximate surface area is 188 Å². The quantitative estimate of drug-likeness (QED) is 0.157. The third-order valence-electron chi connectivity index (χ3n) is 4.94. The van der Waals surface area contributed by atoms with Crippen LogP contribution in [0, 0.1) is 3.77 Å². The topological polar surface area (TPSA) is 86.2 Å². The molecule has 3 rings (SSSR count). The second-order valence-corrected chi connectivity index (χ2v) is 9.15. The molecule has 170 valence electrons. The number of hydrogen-bond donors (Lipinski definition) is 0. The predicted octanol–water partition coefficient (Wildman–Crippen LogP) is -1.86. The van der Waals surface area contributed by atoms with Gasteiger partial charge in [0.1, 0.15) is 0 Å². The molecule has 3 heterocycles. The molecule has 0 bridgehead atoms. The van der Waals surface area contributed by atoms with E-state index in [1.807, 2.05) is 6.07 Å². The van der Waals surface area contributed by atoms with Gasteiger partial charge in [0, 0.05) is 13.5 Å². The van der Waals surface area contributed by atoms with Gasteiger partial charge in [0.25, 0.3) is 0 Å². The van der Waals surface area contributed by atoms with E-state index in [0.717, 1.165) is 66.6 Å². The van der Waals surface area contributed by atoms with Gasteiger partial charge in [0.05, 0.1) is 33.0 Å². The van der Waals surface area contributed by atoms with E-state index < -0.39 is 0 Å². The third kappa shape index (κ3) is 7.80. The van der Waals surface area contributed by atoms with Crippen molar-refractivity contribution in [2.75, 3.05) is 82.7 Å². The number of hydrogen-bond acceptors (Lipinski definition) is 9. The summed E-state index contributed by atoms with van der Waals surface area (Å²) in [5, 5.41) is 8.35. The zero-order chi connectivity index (χ0) is 21.0. The first-order chi connectivity index (χ1) is 14.8. The second-order valence-electron chi connectivity index (χ2n) is 7.01. The van der Waals surface area contributed by atoms with E-state index in [0.29, 0.717) is 33.0 Å². The Morgan fingerprint density at radius 1 is 0.933 bits per heavy atom. The number of halogens is 1. The maximum atomic E-state index is 5.57. The van der Waals surface area contributed by atoms with Crippen molar-refractivity contribution < 1.29 is 44.5 Å². The van der Waals surface area contributed by atoms with Gasteiger partial charge in [0.2, 0.25) is 0 Å². The van der Waals surface area contributed by atoms with Crippen molar-refractivity contribution in [1.29, 1.82) is 0 Å². The molecule has 0 aromatic carbocycles. The molecule has 0 N–H and O–H groups in total. The fourth-order valence-corrected chi connectivity index (χ4v) is 4.07. The summed E-state index contributed by atoms with van der Waals surface area (Å²) in [6, 6.07) is 4.14. The summed E-state index contributed by atoms with van der Waals surface area (Å²) in [7, 11) is 1.66. The molecule has 0 unspecified atom stereocenters. The fourth-order valence-electron chi connectivity index (χ4n) is 3.18. The van der Waals surface area contributed by atoms with Crippen LogP contribution in [0.3, 0.4) is 0 Å².